The summed E-state index contributed by atoms with van der Waals surface area (Å²) in [6.07, 6.45) is 8.96. The summed E-state index contributed by atoms with van der Waals surface area (Å²) in [5.74, 6) is 0.718. The number of hydrogen-bond acceptors (Lipinski definition) is 3. The van der Waals surface area contributed by atoms with Gasteiger partial charge in [0.05, 0.1) is 11.0 Å². The van der Waals surface area contributed by atoms with Gasteiger partial charge in [0.25, 0.3) is 0 Å². The third-order valence-electron chi connectivity index (χ3n) is 6.79. The highest BCUT2D eigenvalue weighted by Crippen LogP contribution is 2.41. The van der Waals surface area contributed by atoms with Crippen LogP contribution in [0, 0.1) is 17.2 Å². The van der Waals surface area contributed by atoms with E-state index in [9.17, 15) is 10.1 Å². The van der Waals surface area contributed by atoms with Crippen LogP contribution in [0.1, 0.15) is 88.0 Å². The first-order chi connectivity index (χ1) is 15.0. The summed E-state index contributed by atoms with van der Waals surface area (Å²) in [4.78, 5) is 13.5. The summed E-state index contributed by atoms with van der Waals surface area (Å²) in [6.45, 7) is 6.55. The summed E-state index contributed by atoms with van der Waals surface area (Å²) in [7, 11) is 0. The number of nitrogens with zero attached hydrogens (tertiary/aromatic N) is 1. The minimum absolute atomic E-state index is 0.221. The largest absolute Gasteiger partial charge is 0.424 e. The Balaban J connectivity index is 1.87. The van der Waals surface area contributed by atoms with Gasteiger partial charge in [0.15, 0.2) is 0 Å². The quantitative estimate of drug-likeness (QED) is 0.346. The van der Waals surface area contributed by atoms with Crippen molar-refractivity contribution in [2.45, 2.75) is 84.0 Å². The summed E-state index contributed by atoms with van der Waals surface area (Å²) in [5.41, 5.74) is 3.28. The van der Waals surface area contributed by atoms with Crippen LogP contribution in [0.25, 0.3) is 0 Å². The van der Waals surface area contributed by atoms with Crippen LogP contribution in [0.5, 0.6) is 5.75 Å². The van der Waals surface area contributed by atoms with E-state index >= 15 is 0 Å². The summed E-state index contributed by atoms with van der Waals surface area (Å²) in [5, 5.41) is 9.68. The Hall–Kier alpha value is -2.60. The molecule has 0 heterocycles. The van der Waals surface area contributed by atoms with E-state index in [-0.39, 0.29) is 5.97 Å². The normalized spacial score (nSPS) is 16.3. The van der Waals surface area contributed by atoms with E-state index in [1.54, 1.807) is 6.07 Å². The minimum Gasteiger partial charge on any atom is -0.424 e. The highest BCUT2D eigenvalue weighted by Gasteiger charge is 2.43. The first-order valence-corrected chi connectivity index (χ1v) is 11.9. The molecule has 0 saturated heterocycles. The van der Waals surface area contributed by atoms with Crippen LogP contribution in [0.3, 0.4) is 0 Å². The molecule has 1 aliphatic carbocycles. The smallest absolute Gasteiger partial charge is 0.321 e. The van der Waals surface area contributed by atoms with Gasteiger partial charge in [-0.25, -0.2) is 0 Å². The van der Waals surface area contributed by atoms with E-state index < -0.39 is 5.41 Å². The number of rotatable bonds is 8. The van der Waals surface area contributed by atoms with Crippen LogP contribution in [0.2, 0.25) is 0 Å². The van der Waals surface area contributed by atoms with Crippen LogP contribution < -0.4 is 4.74 Å². The van der Waals surface area contributed by atoms with Gasteiger partial charge in [-0.2, -0.15) is 5.26 Å². The van der Waals surface area contributed by atoms with Gasteiger partial charge in [-0.15, -0.1) is 0 Å². The molecule has 0 aromatic heterocycles. The molecule has 3 heteroatoms. The second kappa shape index (κ2) is 10.6. The zero-order valence-electron chi connectivity index (χ0n) is 19.2. The van der Waals surface area contributed by atoms with Gasteiger partial charge in [0.2, 0.25) is 0 Å². The van der Waals surface area contributed by atoms with Crippen molar-refractivity contribution >= 4 is 5.97 Å². The van der Waals surface area contributed by atoms with Crippen LogP contribution in [0.4, 0.5) is 0 Å². The zero-order valence-corrected chi connectivity index (χ0v) is 19.2. The molecular weight excluding hydrogens is 382 g/mol. The SMILES string of the molecule is CCCc1ccc(C2(C(=O)Oc3ccc(CC(C)CC)cc3C#N)CCCCC2)cc1. The van der Waals surface area contributed by atoms with Crippen molar-refractivity contribution in [2.75, 3.05) is 0 Å². The number of esters is 1. The second-order valence-electron chi connectivity index (χ2n) is 9.14. The van der Waals surface area contributed by atoms with Crippen LogP contribution in [-0.4, -0.2) is 5.97 Å². The van der Waals surface area contributed by atoms with Crippen LogP contribution in [0.15, 0.2) is 42.5 Å². The van der Waals surface area contributed by atoms with E-state index in [1.165, 1.54) is 5.56 Å². The molecule has 3 nitrogen and oxygen atoms in total. The molecule has 2 aromatic carbocycles. The van der Waals surface area contributed by atoms with Crippen molar-refractivity contribution in [3.63, 3.8) is 0 Å². The fraction of sp³-hybridized carbons (Fsp3) is 0.500. The summed E-state index contributed by atoms with van der Waals surface area (Å²) < 4.78 is 5.94. The zero-order chi connectivity index (χ0) is 22.3. The third-order valence-corrected chi connectivity index (χ3v) is 6.79. The Morgan fingerprint density at radius 2 is 1.74 bits per heavy atom. The molecule has 1 atom stereocenters. The number of hydrogen-bond donors (Lipinski definition) is 0. The van der Waals surface area contributed by atoms with Gasteiger partial charge in [-0.1, -0.05) is 83.2 Å². The van der Waals surface area contributed by atoms with E-state index in [0.29, 0.717) is 17.2 Å². The number of carbonyl (C=O) groups is 1. The van der Waals surface area contributed by atoms with Crippen molar-refractivity contribution in [3.8, 4) is 11.8 Å². The standard InChI is InChI=1S/C28H35NO2/c1-4-9-22-10-13-25(14-11-22)28(16-7-6-8-17-28)27(30)31-26-15-12-23(18-21(3)5-2)19-24(26)20-29/h10-15,19,21H,4-9,16-18H2,1-3H3. The van der Waals surface area contributed by atoms with Crippen molar-refractivity contribution in [1.82, 2.24) is 0 Å². The molecule has 164 valence electrons. The van der Waals surface area contributed by atoms with Gasteiger partial charge < -0.3 is 4.74 Å². The molecule has 1 aliphatic rings. The number of nitriles is 1. The first kappa shape index (κ1) is 23.1. The second-order valence-corrected chi connectivity index (χ2v) is 9.14. The lowest BCUT2D eigenvalue weighted by molar-refractivity contribution is -0.142. The molecule has 3 rings (SSSR count). The maximum atomic E-state index is 13.5. The van der Waals surface area contributed by atoms with Gasteiger partial charge in [0, 0.05) is 0 Å². The average Bonchev–Trinajstić information content (AvgIpc) is 2.81. The lowest BCUT2D eigenvalue weighted by atomic mass is 9.69. The maximum Gasteiger partial charge on any atom is 0.321 e. The molecule has 0 N–H and O–H groups in total. The highest BCUT2D eigenvalue weighted by molar-refractivity contribution is 5.85. The third kappa shape index (κ3) is 5.37. The summed E-state index contributed by atoms with van der Waals surface area (Å²) >= 11 is 0. The molecule has 0 aliphatic heterocycles. The Kier molecular flexibility index (Phi) is 7.91. The molecule has 0 radical (unpaired) electrons. The fourth-order valence-electron chi connectivity index (χ4n) is 4.67. The minimum atomic E-state index is -0.620. The molecular formula is C28H35NO2. The van der Waals surface area contributed by atoms with Crippen molar-refractivity contribution < 1.29 is 9.53 Å². The molecule has 1 unspecified atom stereocenters. The van der Waals surface area contributed by atoms with E-state index in [1.807, 2.05) is 12.1 Å². The Bertz CT molecular complexity index is 917. The monoisotopic (exact) mass is 417 g/mol. The number of ether oxygens (including phenoxy) is 1. The lowest BCUT2D eigenvalue weighted by Crippen LogP contribution is -2.41. The topological polar surface area (TPSA) is 50.1 Å². The van der Waals surface area contributed by atoms with Gasteiger partial charge in [0.1, 0.15) is 11.8 Å². The maximum absolute atomic E-state index is 13.5. The number of benzene rings is 2. The summed E-state index contributed by atoms with van der Waals surface area (Å²) in [6, 6.07) is 16.4. The van der Waals surface area contributed by atoms with E-state index in [2.05, 4.69) is 51.1 Å². The predicted octanol–water partition coefficient (Wildman–Crippen LogP) is 6.91. The molecule has 1 saturated carbocycles. The lowest BCUT2D eigenvalue weighted by Gasteiger charge is -2.35. The average molecular weight is 418 g/mol. The Labute approximate surface area is 187 Å². The van der Waals surface area contributed by atoms with E-state index in [4.69, 9.17) is 4.74 Å². The molecule has 0 amide bonds. The van der Waals surface area contributed by atoms with Gasteiger partial charge >= 0.3 is 5.97 Å². The van der Waals surface area contributed by atoms with Crippen molar-refractivity contribution in [2.24, 2.45) is 5.92 Å². The molecule has 31 heavy (non-hydrogen) atoms. The molecule has 1 fully saturated rings. The highest BCUT2D eigenvalue weighted by atomic mass is 16.5. The molecule has 0 spiro atoms. The Morgan fingerprint density at radius 1 is 1.06 bits per heavy atom. The van der Waals surface area contributed by atoms with Crippen LogP contribution in [-0.2, 0) is 23.1 Å². The van der Waals surface area contributed by atoms with Crippen molar-refractivity contribution in [3.05, 3.63) is 64.7 Å². The number of aryl methyl sites for hydroxylation is 1. The Morgan fingerprint density at radius 3 is 2.35 bits per heavy atom. The fourth-order valence-corrected chi connectivity index (χ4v) is 4.67. The van der Waals surface area contributed by atoms with Crippen molar-refractivity contribution in [1.29, 1.82) is 5.26 Å². The van der Waals surface area contributed by atoms with Gasteiger partial charge in [-0.3, -0.25) is 4.79 Å². The van der Waals surface area contributed by atoms with Crippen LogP contribution >= 0.6 is 0 Å². The van der Waals surface area contributed by atoms with Gasteiger partial charge in [-0.05, 0) is 60.4 Å². The predicted molar refractivity (Wildman–Crippen MR) is 125 cm³/mol. The van der Waals surface area contributed by atoms with E-state index in [0.717, 1.165) is 68.9 Å². The first-order valence-electron chi connectivity index (χ1n) is 11.9. The molecule has 0 bridgehead atoms. The number of carbonyl (C=O) groups excluding carboxylic acids is 1. The molecule has 2 aromatic rings.